The molecule has 3 heteroatoms. The molecule has 0 spiro atoms. The monoisotopic (exact) mass is 222 g/mol. The number of aromatic nitrogens is 1. The summed E-state index contributed by atoms with van der Waals surface area (Å²) < 4.78 is 5.13. The van der Waals surface area contributed by atoms with Crippen LogP contribution in [0.1, 0.15) is 32.0 Å². The van der Waals surface area contributed by atoms with Crippen LogP contribution in [-0.2, 0) is 4.74 Å². The molecule has 2 atom stereocenters. The van der Waals surface area contributed by atoms with Crippen LogP contribution in [0.25, 0.3) is 0 Å². The maximum atomic E-state index is 5.13. The summed E-state index contributed by atoms with van der Waals surface area (Å²) in [4.78, 5) is 4.42. The molecule has 0 saturated carbocycles. The lowest BCUT2D eigenvalue weighted by atomic mass is 9.95. The lowest BCUT2D eigenvalue weighted by Crippen LogP contribution is -2.28. The molecule has 0 aliphatic heterocycles. The number of pyridine rings is 1. The Balaban J connectivity index is 2.66. The first-order chi connectivity index (χ1) is 7.79. The average molecular weight is 222 g/mol. The van der Waals surface area contributed by atoms with E-state index in [1.807, 2.05) is 18.3 Å². The molecule has 0 amide bonds. The Morgan fingerprint density at radius 2 is 2.25 bits per heavy atom. The summed E-state index contributed by atoms with van der Waals surface area (Å²) in [6.07, 6.45) is 2.90. The average Bonchev–Trinajstić information content (AvgIpc) is 2.34. The molecule has 0 radical (unpaired) electrons. The Bertz CT molecular complexity index is 277. The second-order valence-electron chi connectivity index (χ2n) is 4.05. The number of methoxy groups -OCH3 is 1. The zero-order valence-electron chi connectivity index (χ0n) is 10.4. The van der Waals surface area contributed by atoms with Gasteiger partial charge in [0.1, 0.15) is 0 Å². The van der Waals surface area contributed by atoms with Gasteiger partial charge in [0.2, 0.25) is 0 Å². The van der Waals surface area contributed by atoms with Crippen LogP contribution in [0.2, 0.25) is 0 Å². The van der Waals surface area contributed by atoms with E-state index in [2.05, 4.69) is 30.2 Å². The van der Waals surface area contributed by atoms with Crippen molar-refractivity contribution in [3.8, 4) is 0 Å². The molecule has 0 aliphatic carbocycles. The fraction of sp³-hybridized carbons (Fsp3) is 0.615. The first-order valence-electron chi connectivity index (χ1n) is 5.92. The Morgan fingerprint density at radius 1 is 1.44 bits per heavy atom. The van der Waals surface area contributed by atoms with Crippen molar-refractivity contribution in [2.45, 2.75) is 26.3 Å². The standard InChI is InChI=1S/C13H22N2O/c1-4-14-13(11(2)8-10-16-3)12-7-5-6-9-15-12/h5-7,9,11,13-14H,4,8,10H2,1-3H3. The molecule has 0 saturated heterocycles. The van der Waals surface area contributed by atoms with E-state index in [9.17, 15) is 0 Å². The minimum Gasteiger partial charge on any atom is -0.385 e. The van der Waals surface area contributed by atoms with E-state index in [-0.39, 0.29) is 0 Å². The molecule has 0 aliphatic rings. The Labute approximate surface area is 98.2 Å². The second-order valence-corrected chi connectivity index (χ2v) is 4.05. The molecule has 0 aromatic carbocycles. The van der Waals surface area contributed by atoms with Crippen LogP contribution >= 0.6 is 0 Å². The number of nitrogens with zero attached hydrogens (tertiary/aromatic N) is 1. The Kier molecular flexibility index (Phi) is 6.04. The third-order valence-corrected chi connectivity index (χ3v) is 2.78. The summed E-state index contributed by atoms with van der Waals surface area (Å²) in [7, 11) is 1.75. The van der Waals surface area contributed by atoms with E-state index in [1.54, 1.807) is 7.11 Å². The van der Waals surface area contributed by atoms with Crippen molar-refractivity contribution in [3.05, 3.63) is 30.1 Å². The fourth-order valence-electron chi connectivity index (χ4n) is 1.85. The first kappa shape index (κ1) is 13.1. The normalized spacial score (nSPS) is 14.7. The highest BCUT2D eigenvalue weighted by atomic mass is 16.5. The van der Waals surface area contributed by atoms with E-state index >= 15 is 0 Å². The predicted molar refractivity (Wildman–Crippen MR) is 66.3 cm³/mol. The first-order valence-corrected chi connectivity index (χ1v) is 5.92. The molecule has 3 nitrogen and oxygen atoms in total. The van der Waals surface area contributed by atoms with Crippen molar-refractivity contribution in [3.63, 3.8) is 0 Å². The summed E-state index contributed by atoms with van der Waals surface area (Å²) in [5.74, 6) is 0.523. The zero-order valence-corrected chi connectivity index (χ0v) is 10.4. The molecule has 16 heavy (non-hydrogen) atoms. The minimum atomic E-state index is 0.321. The van der Waals surface area contributed by atoms with Gasteiger partial charge in [0.15, 0.2) is 0 Å². The number of ether oxygens (including phenoxy) is 1. The molecule has 2 unspecified atom stereocenters. The summed E-state index contributed by atoms with van der Waals surface area (Å²) in [5, 5.41) is 3.49. The van der Waals surface area contributed by atoms with Crippen molar-refractivity contribution >= 4 is 0 Å². The summed E-state index contributed by atoms with van der Waals surface area (Å²) in [6, 6.07) is 6.39. The summed E-state index contributed by atoms with van der Waals surface area (Å²) in [5.41, 5.74) is 1.12. The summed E-state index contributed by atoms with van der Waals surface area (Å²) in [6.45, 7) is 6.12. The van der Waals surface area contributed by atoms with Gasteiger partial charge in [0.05, 0.1) is 11.7 Å². The largest absolute Gasteiger partial charge is 0.385 e. The molecular formula is C13H22N2O. The summed E-state index contributed by atoms with van der Waals surface area (Å²) >= 11 is 0. The topological polar surface area (TPSA) is 34.2 Å². The Morgan fingerprint density at radius 3 is 2.81 bits per heavy atom. The molecule has 1 N–H and O–H groups in total. The molecule has 1 rings (SSSR count). The smallest absolute Gasteiger partial charge is 0.0575 e. The van der Waals surface area contributed by atoms with Crippen LogP contribution < -0.4 is 5.32 Å². The Hall–Kier alpha value is -0.930. The molecule has 0 bridgehead atoms. The molecule has 1 aromatic heterocycles. The highest BCUT2D eigenvalue weighted by molar-refractivity contribution is 5.09. The van der Waals surface area contributed by atoms with E-state index in [1.165, 1.54) is 0 Å². The van der Waals surface area contributed by atoms with Crippen LogP contribution in [0.15, 0.2) is 24.4 Å². The van der Waals surface area contributed by atoms with Gasteiger partial charge >= 0.3 is 0 Å². The predicted octanol–water partition coefficient (Wildman–Crippen LogP) is 2.40. The third-order valence-electron chi connectivity index (χ3n) is 2.78. The van der Waals surface area contributed by atoms with Crippen LogP contribution in [0, 0.1) is 5.92 Å². The van der Waals surface area contributed by atoms with Gasteiger partial charge in [-0.2, -0.15) is 0 Å². The van der Waals surface area contributed by atoms with Gasteiger partial charge in [0, 0.05) is 19.9 Å². The lowest BCUT2D eigenvalue weighted by molar-refractivity contribution is 0.170. The third kappa shape index (κ3) is 3.91. The number of hydrogen-bond acceptors (Lipinski definition) is 3. The van der Waals surface area contributed by atoms with Crippen molar-refractivity contribution in [1.82, 2.24) is 10.3 Å². The maximum absolute atomic E-state index is 5.13. The van der Waals surface area contributed by atoms with E-state index < -0.39 is 0 Å². The van der Waals surface area contributed by atoms with Gasteiger partial charge in [-0.25, -0.2) is 0 Å². The minimum absolute atomic E-state index is 0.321. The van der Waals surface area contributed by atoms with Gasteiger partial charge in [-0.3, -0.25) is 4.98 Å². The van der Waals surface area contributed by atoms with Crippen LogP contribution in [0.5, 0.6) is 0 Å². The molecule has 1 aromatic rings. The number of hydrogen-bond donors (Lipinski definition) is 1. The van der Waals surface area contributed by atoms with Crippen LogP contribution in [0.4, 0.5) is 0 Å². The van der Waals surface area contributed by atoms with E-state index in [4.69, 9.17) is 4.74 Å². The second kappa shape index (κ2) is 7.36. The van der Waals surface area contributed by atoms with Gasteiger partial charge in [-0.15, -0.1) is 0 Å². The SMILES string of the molecule is CCNC(c1ccccn1)C(C)CCOC. The maximum Gasteiger partial charge on any atom is 0.0575 e. The van der Waals surface area contributed by atoms with Gasteiger partial charge in [0.25, 0.3) is 0 Å². The highest BCUT2D eigenvalue weighted by Crippen LogP contribution is 2.22. The number of nitrogens with one attached hydrogen (secondary N) is 1. The quantitative estimate of drug-likeness (QED) is 0.769. The molecule has 0 fully saturated rings. The highest BCUT2D eigenvalue weighted by Gasteiger charge is 2.18. The number of rotatable bonds is 7. The van der Waals surface area contributed by atoms with E-state index in [0.29, 0.717) is 12.0 Å². The fourth-order valence-corrected chi connectivity index (χ4v) is 1.85. The molecular weight excluding hydrogens is 200 g/mol. The molecule has 90 valence electrons. The lowest BCUT2D eigenvalue weighted by Gasteiger charge is -2.24. The van der Waals surface area contributed by atoms with Crippen molar-refractivity contribution in [2.75, 3.05) is 20.3 Å². The molecule has 1 heterocycles. The van der Waals surface area contributed by atoms with Gasteiger partial charge in [-0.1, -0.05) is 19.9 Å². The van der Waals surface area contributed by atoms with Crippen molar-refractivity contribution in [2.24, 2.45) is 5.92 Å². The zero-order chi connectivity index (χ0) is 11.8. The van der Waals surface area contributed by atoms with Crippen molar-refractivity contribution < 1.29 is 4.74 Å². The van der Waals surface area contributed by atoms with E-state index in [0.717, 1.165) is 25.3 Å². The van der Waals surface area contributed by atoms with Gasteiger partial charge in [-0.05, 0) is 31.0 Å². The van der Waals surface area contributed by atoms with Crippen LogP contribution in [-0.4, -0.2) is 25.2 Å². The van der Waals surface area contributed by atoms with Gasteiger partial charge < -0.3 is 10.1 Å². The van der Waals surface area contributed by atoms with Crippen molar-refractivity contribution in [1.29, 1.82) is 0 Å². The van der Waals surface area contributed by atoms with Crippen LogP contribution in [0.3, 0.4) is 0 Å².